The molecule has 3 nitrogen and oxygen atoms in total. The first kappa shape index (κ1) is 15.6. The Morgan fingerprint density at radius 2 is 1.87 bits per heavy atom. The van der Waals surface area contributed by atoms with Crippen molar-refractivity contribution >= 4 is 17.2 Å². The molecule has 2 aliphatic heterocycles. The van der Waals surface area contributed by atoms with E-state index in [9.17, 15) is 4.79 Å². The van der Waals surface area contributed by atoms with Gasteiger partial charge in [-0.05, 0) is 56.4 Å². The van der Waals surface area contributed by atoms with E-state index >= 15 is 0 Å². The highest BCUT2D eigenvalue weighted by molar-refractivity contribution is 7.10. The summed E-state index contributed by atoms with van der Waals surface area (Å²) in [6.45, 7) is 2.69. The third kappa shape index (κ3) is 3.20. The maximum atomic E-state index is 13.1. The first-order chi connectivity index (χ1) is 11.3. The van der Waals surface area contributed by atoms with Gasteiger partial charge in [0.2, 0.25) is 0 Å². The number of hydrogen-bond acceptors (Lipinski definition) is 3. The number of carbonyl (C=O) groups excluding carboxylic acids is 1. The Kier molecular flexibility index (Phi) is 4.72. The molecule has 3 heterocycles. The van der Waals surface area contributed by atoms with Crippen LogP contribution < -0.4 is 0 Å². The number of thiophene rings is 1. The van der Waals surface area contributed by atoms with Gasteiger partial charge >= 0.3 is 0 Å². The molecular formula is C19H27NO2S. The molecule has 0 N–H and O–H groups in total. The first-order valence-electron chi connectivity index (χ1n) is 9.30. The largest absolute Gasteiger partial charge is 0.381 e. The third-order valence-electron chi connectivity index (χ3n) is 5.99. The van der Waals surface area contributed by atoms with Crippen molar-refractivity contribution in [2.24, 2.45) is 5.92 Å². The van der Waals surface area contributed by atoms with E-state index in [1.807, 2.05) is 0 Å². The van der Waals surface area contributed by atoms with Crippen LogP contribution in [-0.2, 0) is 4.74 Å². The van der Waals surface area contributed by atoms with Gasteiger partial charge < -0.3 is 9.64 Å². The molecule has 1 aromatic heterocycles. The standard InChI is InChI=1S/C19H27NO2S/c21-19(20-9-3-5-14-4-1-2-6-17(14)20)16-12-18(23-13-16)15-7-10-22-11-8-15/h12-15,17H,1-11H2/t14-,17-/m1/s1. The number of likely N-dealkylation sites (tertiary alicyclic amines) is 1. The van der Waals surface area contributed by atoms with Crippen LogP contribution in [0.25, 0.3) is 0 Å². The first-order valence-corrected chi connectivity index (χ1v) is 10.2. The van der Waals surface area contributed by atoms with E-state index in [1.54, 1.807) is 11.3 Å². The van der Waals surface area contributed by atoms with Crippen LogP contribution in [-0.4, -0.2) is 36.6 Å². The predicted octanol–water partition coefficient (Wildman–Crippen LogP) is 4.44. The molecule has 1 amide bonds. The quantitative estimate of drug-likeness (QED) is 0.801. The lowest BCUT2D eigenvalue weighted by Gasteiger charge is -2.44. The van der Waals surface area contributed by atoms with Crippen LogP contribution in [0.1, 0.15) is 72.5 Å². The van der Waals surface area contributed by atoms with Gasteiger partial charge in [0.1, 0.15) is 0 Å². The molecule has 3 fully saturated rings. The van der Waals surface area contributed by atoms with Gasteiger partial charge in [0.25, 0.3) is 5.91 Å². The van der Waals surface area contributed by atoms with E-state index in [1.165, 1.54) is 43.4 Å². The van der Waals surface area contributed by atoms with Crippen LogP contribution in [0.15, 0.2) is 11.4 Å². The topological polar surface area (TPSA) is 29.5 Å². The van der Waals surface area contributed by atoms with Gasteiger partial charge in [0, 0.05) is 36.1 Å². The van der Waals surface area contributed by atoms with Gasteiger partial charge in [-0.15, -0.1) is 11.3 Å². The number of nitrogens with zero attached hydrogens (tertiary/aromatic N) is 1. The average Bonchev–Trinajstić information content (AvgIpc) is 3.11. The van der Waals surface area contributed by atoms with Gasteiger partial charge in [-0.1, -0.05) is 12.8 Å². The zero-order valence-electron chi connectivity index (χ0n) is 13.8. The molecule has 1 aromatic rings. The van der Waals surface area contributed by atoms with E-state index in [2.05, 4.69) is 16.3 Å². The van der Waals surface area contributed by atoms with Crippen molar-refractivity contribution in [3.63, 3.8) is 0 Å². The summed E-state index contributed by atoms with van der Waals surface area (Å²) in [6.07, 6.45) is 9.90. The molecule has 0 bridgehead atoms. The molecule has 0 aromatic carbocycles. The van der Waals surface area contributed by atoms with E-state index in [4.69, 9.17) is 4.74 Å². The van der Waals surface area contributed by atoms with Crippen LogP contribution in [0.2, 0.25) is 0 Å². The van der Waals surface area contributed by atoms with Crippen LogP contribution in [0.4, 0.5) is 0 Å². The van der Waals surface area contributed by atoms with Crippen LogP contribution >= 0.6 is 11.3 Å². The SMILES string of the molecule is O=C(c1csc(C2CCOCC2)c1)N1CCC[C@H]2CCCC[C@H]21. The number of fused-ring (bicyclic) bond motifs is 1. The van der Waals surface area contributed by atoms with Crippen molar-refractivity contribution in [2.45, 2.75) is 63.3 Å². The maximum Gasteiger partial charge on any atom is 0.254 e. The molecular weight excluding hydrogens is 306 g/mol. The number of carbonyl (C=O) groups is 1. The minimum atomic E-state index is 0.288. The lowest BCUT2D eigenvalue weighted by Crippen LogP contribution is -2.49. The zero-order chi connectivity index (χ0) is 15.6. The van der Waals surface area contributed by atoms with Crippen molar-refractivity contribution in [3.8, 4) is 0 Å². The molecule has 0 spiro atoms. The van der Waals surface area contributed by atoms with Crippen molar-refractivity contribution in [1.29, 1.82) is 0 Å². The zero-order valence-corrected chi connectivity index (χ0v) is 14.7. The van der Waals surface area contributed by atoms with Gasteiger partial charge in [-0.3, -0.25) is 4.79 Å². The Morgan fingerprint density at radius 3 is 2.74 bits per heavy atom. The fraction of sp³-hybridized carbons (Fsp3) is 0.737. The summed E-state index contributed by atoms with van der Waals surface area (Å²) in [6, 6.07) is 2.69. The molecule has 0 unspecified atom stereocenters. The number of ether oxygens (including phenoxy) is 1. The lowest BCUT2D eigenvalue weighted by molar-refractivity contribution is 0.0391. The molecule has 126 valence electrons. The molecule has 1 aliphatic carbocycles. The lowest BCUT2D eigenvalue weighted by atomic mass is 9.78. The number of piperidine rings is 1. The van der Waals surface area contributed by atoms with E-state index < -0.39 is 0 Å². The molecule has 2 atom stereocenters. The highest BCUT2D eigenvalue weighted by Gasteiger charge is 2.36. The summed E-state index contributed by atoms with van der Waals surface area (Å²) in [5.74, 6) is 1.64. The number of amides is 1. The molecule has 1 saturated carbocycles. The monoisotopic (exact) mass is 333 g/mol. The average molecular weight is 333 g/mol. The normalized spacial score (nSPS) is 29.3. The Bertz CT molecular complexity index is 547. The molecule has 2 saturated heterocycles. The predicted molar refractivity (Wildman–Crippen MR) is 93.1 cm³/mol. The summed E-state index contributed by atoms with van der Waals surface area (Å²) >= 11 is 1.77. The van der Waals surface area contributed by atoms with Crippen LogP contribution in [0.3, 0.4) is 0 Å². The Labute approximate surface area is 143 Å². The summed E-state index contributed by atoms with van der Waals surface area (Å²) in [5.41, 5.74) is 0.933. The van der Waals surface area contributed by atoms with Crippen molar-refractivity contribution in [1.82, 2.24) is 4.90 Å². The fourth-order valence-corrected chi connectivity index (χ4v) is 5.76. The Balaban J connectivity index is 1.48. The van der Waals surface area contributed by atoms with Crippen molar-refractivity contribution in [2.75, 3.05) is 19.8 Å². The minimum Gasteiger partial charge on any atom is -0.381 e. The summed E-state index contributed by atoms with van der Waals surface area (Å²) < 4.78 is 5.46. The summed E-state index contributed by atoms with van der Waals surface area (Å²) in [7, 11) is 0. The van der Waals surface area contributed by atoms with E-state index in [-0.39, 0.29) is 5.91 Å². The maximum absolute atomic E-state index is 13.1. The fourth-order valence-electron chi connectivity index (χ4n) is 4.70. The van der Waals surface area contributed by atoms with Gasteiger partial charge in [-0.2, -0.15) is 0 Å². The smallest absolute Gasteiger partial charge is 0.254 e. The van der Waals surface area contributed by atoms with Gasteiger partial charge in [-0.25, -0.2) is 0 Å². The molecule has 3 aliphatic rings. The third-order valence-corrected chi connectivity index (χ3v) is 7.09. The highest BCUT2D eigenvalue weighted by Crippen LogP contribution is 2.37. The van der Waals surface area contributed by atoms with E-state index in [0.717, 1.165) is 44.1 Å². The number of hydrogen-bond donors (Lipinski definition) is 0. The molecule has 4 heteroatoms. The second-order valence-electron chi connectivity index (χ2n) is 7.38. The van der Waals surface area contributed by atoms with Gasteiger partial charge in [0.15, 0.2) is 0 Å². The van der Waals surface area contributed by atoms with Crippen LogP contribution in [0, 0.1) is 5.92 Å². The molecule has 4 rings (SSSR count). The Morgan fingerprint density at radius 1 is 1.09 bits per heavy atom. The van der Waals surface area contributed by atoms with Gasteiger partial charge in [0.05, 0.1) is 5.56 Å². The number of rotatable bonds is 2. The summed E-state index contributed by atoms with van der Waals surface area (Å²) in [5, 5.41) is 2.10. The molecule has 0 radical (unpaired) electrons. The molecule has 23 heavy (non-hydrogen) atoms. The van der Waals surface area contributed by atoms with Crippen molar-refractivity contribution < 1.29 is 9.53 Å². The second-order valence-corrected chi connectivity index (χ2v) is 8.32. The second kappa shape index (κ2) is 6.94. The van der Waals surface area contributed by atoms with Crippen LogP contribution in [0.5, 0.6) is 0 Å². The van der Waals surface area contributed by atoms with Crippen molar-refractivity contribution in [3.05, 3.63) is 21.9 Å². The minimum absolute atomic E-state index is 0.288. The summed E-state index contributed by atoms with van der Waals surface area (Å²) in [4.78, 5) is 16.7. The Hall–Kier alpha value is -0.870. The highest BCUT2D eigenvalue weighted by atomic mass is 32.1. The van der Waals surface area contributed by atoms with E-state index in [0.29, 0.717) is 12.0 Å².